The summed E-state index contributed by atoms with van der Waals surface area (Å²) in [4.78, 5) is 0. The normalized spacial score (nSPS) is 14.6. The molecule has 2 heteroatoms. The van der Waals surface area contributed by atoms with Crippen LogP contribution >= 0.6 is 0 Å². The molecule has 0 aliphatic heterocycles. The lowest BCUT2D eigenvalue weighted by Gasteiger charge is -2.31. The van der Waals surface area contributed by atoms with Crippen molar-refractivity contribution < 1.29 is 5.11 Å². The van der Waals surface area contributed by atoms with Crippen molar-refractivity contribution in [3.8, 4) is 0 Å². The van der Waals surface area contributed by atoms with Crippen molar-refractivity contribution in [3.63, 3.8) is 0 Å². The number of aliphatic hydroxyl groups is 1. The minimum Gasteiger partial charge on any atom is -0.396 e. The molecule has 2 rings (SSSR count). The Kier molecular flexibility index (Phi) is 4.00. The van der Waals surface area contributed by atoms with Crippen LogP contribution in [0.25, 0.3) is 10.8 Å². The Morgan fingerprint density at radius 1 is 1.11 bits per heavy atom. The van der Waals surface area contributed by atoms with Gasteiger partial charge in [0.15, 0.2) is 0 Å². The van der Waals surface area contributed by atoms with E-state index in [0.29, 0.717) is 0 Å². The molecule has 2 aromatic rings. The van der Waals surface area contributed by atoms with Crippen LogP contribution in [-0.4, -0.2) is 18.3 Å². The molecule has 2 nitrogen and oxygen atoms in total. The van der Waals surface area contributed by atoms with Crippen LogP contribution in [0.2, 0.25) is 0 Å². The molecule has 0 saturated heterocycles. The highest BCUT2D eigenvalue weighted by Crippen LogP contribution is 2.27. The first-order chi connectivity index (χ1) is 8.69. The summed E-state index contributed by atoms with van der Waals surface area (Å²) in [5.74, 6) is 0. The highest BCUT2D eigenvalue weighted by Gasteiger charge is 2.24. The Labute approximate surface area is 109 Å². The zero-order chi connectivity index (χ0) is 13.0. The smallest absolute Gasteiger partial charge is 0.0451 e. The molecule has 18 heavy (non-hydrogen) atoms. The molecule has 0 heterocycles. The molecule has 0 spiro atoms. The van der Waals surface area contributed by atoms with Gasteiger partial charge >= 0.3 is 0 Å². The topological polar surface area (TPSA) is 32.3 Å². The van der Waals surface area contributed by atoms with Crippen molar-refractivity contribution in [2.45, 2.75) is 25.8 Å². The molecule has 1 atom stereocenters. The first-order valence-electron chi connectivity index (χ1n) is 6.55. The molecule has 0 bridgehead atoms. The van der Waals surface area contributed by atoms with Gasteiger partial charge in [0.05, 0.1) is 0 Å². The van der Waals surface area contributed by atoms with Gasteiger partial charge < -0.3 is 10.4 Å². The number of aliphatic hydroxyl groups excluding tert-OH is 1. The first-order valence-corrected chi connectivity index (χ1v) is 6.55. The molecular formula is C16H21NO. The Balaban J connectivity index is 2.44. The molecule has 2 N–H and O–H groups in total. The third kappa shape index (κ3) is 2.55. The number of hydrogen-bond donors (Lipinski definition) is 2. The second-order valence-corrected chi connectivity index (χ2v) is 4.90. The van der Waals surface area contributed by atoms with E-state index in [1.54, 1.807) is 0 Å². The van der Waals surface area contributed by atoms with Crippen LogP contribution in [0, 0.1) is 0 Å². The van der Waals surface area contributed by atoms with Crippen molar-refractivity contribution in [2.24, 2.45) is 0 Å². The molecule has 2 aromatic carbocycles. The molecule has 0 radical (unpaired) electrons. The Hall–Kier alpha value is -1.38. The number of rotatable bonds is 5. The highest BCUT2D eigenvalue weighted by atomic mass is 16.3. The summed E-state index contributed by atoms with van der Waals surface area (Å²) in [5.41, 5.74) is 1.07. The fraction of sp³-hybridized carbons (Fsp3) is 0.375. The average molecular weight is 243 g/mol. The maximum atomic E-state index is 9.26. The summed E-state index contributed by atoms with van der Waals surface area (Å²) < 4.78 is 0. The second-order valence-electron chi connectivity index (χ2n) is 4.90. The van der Waals surface area contributed by atoms with Gasteiger partial charge in [-0.25, -0.2) is 0 Å². The summed E-state index contributed by atoms with van der Waals surface area (Å²) in [6.45, 7) is 5.33. The SMILES string of the molecule is CCNC(C)(CCO)c1ccc2ccccc2c1. The third-order valence-corrected chi connectivity index (χ3v) is 3.57. The average Bonchev–Trinajstić information content (AvgIpc) is 2.39. The number of fused-ring (bicyclic) bond motifs is 1. The predicted octanol–water partition coefficient (Wildman–Crippen LogP) is 3.05. The fourth-order valence-electron chi connectivity index (χ4n) is 2.48. The third-order valence-electron chi connectivity index (χ3n) is 3.57. The molecular weight excluding hydrogens is 222 g/mol. The number of nitrogens with one attached hydrogen (secondary N) is 1. The van der Waals surface area contributed by atoms with Gasteiger partial charge in [-0.05, 0) is 42.3 Å². The van der Waals surface area contributed by atoms with E-state index in [-0.39, 0.29) is 12.1 Å². The van der Waals surface area contributed by atoms with Gasteiger partial charge in [0.1, 0.15) is 0 Å². The Morgan fingerprint density at radius 2 is 1.83 bits per heavy atom. The van der Waals surface area contributed by atoms with E-state index in [4.69, 9.17) is 0 Å². The van der Waals surface area contributed by atoms with Crippen molar-refractivity contribution in [1.29, 1.82) is 0 Å². The summed E-state index contributed by atoms with van der Waals surface area (Å²) in [5, 5.41) is 15.2. The van der Waals surface area contributed by atoms with Crippen LogP contribution in [-0.2, 0) is 5.54 Å². The van der Waals surface area contributed by atoms with E-state index in [1.807, 2.05) is 0 Å². The summed E-state index contributed by atoms with van der Waals surface area (Å²) in [7, 11) is 0. The summed E-state index contributed by atoms with van der Waals surface area (Å²) in [6, 6.07) is 14.9. The molecule has 0 aliphatic carbocycles. The van der Waals surface area contributed by atoms with Gasteiger partial charge in [-0.2, -0.15) is 0 Å². The minimum atomic E-state index is -0.159. The van der Waals surface area contributed by atoms with Gasteiger partial charge in [-0.3, -0.25) is 0 Å². The van der Waals surface area contributed by atoms with Crippen molar-refractivity contribution in [2.75, 3.05) is 13.2 Å². The second kappa shape index (κ2) is 5.51. The van der Waals surface area contributed by atoms with Gasteiger partial charge in [0.2, 0.25) is 0 Å². The minimum absolute atomic E-state index is 0.159. The monoisotopic (exact) mass is 243 g/mol. The highest BCUT2D eigenvalue weighted by molar-refractivity contribution is 5.83. The lowest BCUT2D eigenvalue weighted by atomic mass is 9.87. The lowest BCUT2D eigenvalue weighted by molar-refractivity contribution is 0.223. The molecule has 96 valence electrons. The molecule has 0 fully saturated rings. The van der Waals surface area contributed by atoms with Crippen molar-refractivity contribution in [3.05, 3.63) is 48.0 Å². The van der Waals surface area contributed by atoms with E-state index < -0.39 is 0 Å². The van der Waals surface area contributed by atoms with Crippen LogP contribution in [0.15, 0.2) is 42.5 Å². The van der Waals surface area contributed by atoms with E-state index in [2.05, 4.69) is 61.6 Å². The lowest BCUT2D eigenvalue weighted by Crippen LogP contribution is -2.40. The molecule has 0 saturated carbocycles. The standard InChI is InChI=1S/C16H21NO/c1-3-17-16(2,10-11-18)15-9-8-13-6-4-5-7-14(13)12-15/h4-9,12,17-18H,3,10-11H2,1-2H3. The van der Waals surface area contributed by atoms with Crippen LogP contribution in [0.3, 0.4) is 0 Å². The van der Waals surface area contributed by atoms with Crippen LogP contribution < -0.4 is 5.32 Å². The first kappa shape index (κ1) is 13.1. The van der Waals surface area contributed by atoms with E-state index in [9.17, 15) is 5.11 Å². The van der Waals surface area contributed by atoms with Gasteiger partial charge in [0, 0.05) is 12.1 Å². The van der Waals surface area contributed by atoms with Gasteiger partial charge in [-0.15, -0.1) is 0 Å². The Morgan fingerprint density at radius 3 is 2.50 bits per heavy atom. The molecule has 0 amide bonds. The predicted molar refractivity (Wildman–Crippen MR) is 76.7 cm³/mol. The van der Waals surface area contributed by atoms with Gasteiger partial charge in [0.25, 0.3) is 0 Å². The fourth-order valence-corrected chi connectivity index (χ4v) is 2.48. The molecule has 0 aliphatic rings. The van der Waals surface area contributed by atoms with Crippen LogP contribution in [0.4, 0.5) is 0 Å². The summed E-state index contributed by atoms with van der Waals surface area (Å²) in [6.07, 6.45) is 0.721. The van der Waals surface area contributed by atoms with Crippen LogP contribution in [0.1, 0.15) is 25.8 Å². The van der Waals surface area contributed by atoms with Crippen LogP contribution in [0.5, 0.6) is 0 Å². The quantitative estimate of drug-likeness (QED) is 0.846. The maximum Gasteiger partial charge on any atom is 0.0451 e. The van der Waals surface area contributed by atoms with E-state index in [0.717, 1.165) is 13.0 Å². The van der Waals surface area contributed by atoms with E-state index >= 15 is 0 Å². The van der Waals surface area contributed by atoms with Crippen molar-refractivity contribution in [1.82, 2.24) is 5.32 Å². The van der Waals surface area contributed by atoms with E-state index in [1.165, 1.54) is 16.3 Å². The maximum absolute atomic E-state index is 9.26. The largest absolute Gasteiger partial charge is 0.396 e. The molecule has 0 aromatic heterocycles. The van der Waals surface area contributed by atoms with Crippen molar-refractivity contribution >= 4 is 10.8 Å². The Bertz CT molecular complexity index is 515. The zero-order valence-corrected chi connectivity index (χ0v) is 11.1. The number of benzene rings is 2. The molecule has 1 unspecified atom stereocenters. The number of hydrogen-bond acceptors (Lipinski definition) is 2. The summed E-state index contributed by atoms with van der Waals surface area (Å²) >= 11 is 0. The van der Waals surface area contributed by atoms with Gasteiger partial charge in [-0.1, -0.05) is 43.3 Å². The zero-order valence-electron chi connectivity index (χ0n) is 11.1.